The fourth-order valence-corrected chi connectivity index (χ4v) is 2.56. The number of hydrogen-bond donors (Lipinski definition) is 2. The van der Waals surface area contributed by atoms with Crippen LogP contribution in [0.4, 0.5) is 11.4 Å². The summed E-state index contributed by atoms with van der Waals surface area (Å²) in [7, 11) is 0. The molecule has 1 amide bonds. The maximum Gasteiger partial charge on any atom is 0.255 e. The first-order valence-corrected chi connectivity index (χ1v) is 8.71. The largest absolute Gasteiger partial charge is 0.374 e. The Balaban J connectivity index is 1.65. The van der Waals surface area contributed by atoms with E-state index >= 15 is 0 Å². The number of aromatic nitrogens is 2. The van der Waals surface area contributed by atoms with Crippen molar-refractivity contribution in [1.29, 1.82) is 0 Å². The maximum atomic E-state index is 12.3. The number of carbonyl (C=O) groups is 1. The highest BCUT2D eigenvalue weighted by Gasteiger charge is 2.14. The normalized spacial score (nSPS) is 11.8. The molecule has 3 rings (SSSR count). The van der Waals surface area contributed by atoms with E-state index in [0.29, 0.717) is 17.1 Å². The summed E-state index contributed by atoms with van der Waals surface area (Å²) in [4.78, 5) is 16.7. The predicted octanol–water partition coefficient (Wildman–Crippen LogP) is 4.45. The third-order valence-corrected chi connectivity index (χ3v) is 3.87. The van der Waals surface area contributed by atoms with Gasteiger partial charge in [0.2, 0.25) is 5.89 Å². The molecule has 26 heavy (non-hydrogen) atoms. The second kappa shape index (κ2) is 8.29. The predicted molar refractivity (Wildman–Crippen MR) is 101 cm³/mol. The number of amides is 1. The van der Waals surface area contributed by atoms with E-state index < -0.39 is 0 Å². The van der Waals surface area contributed by atoms with E-state index in [1.54, 1.807) is 12.1 Å². The van der Waals surface area contributed by atoms with Gasteiger partial charge in [0, 0.05) is 23.4 Å². The molecular formula is C20H22N4O2. The van der Waals surface area contributed by atoms with Gasteiger partial charge in [-0.3, -0.25) is 4.79 Å². The SMILES string of the molecule is CCCc1noc([C@@H](C)Nc2cccc(NC(=O)c3ccccc3)c2)n1. The van der Waals surface area contributed by atoms with Crippen LogP contribution >= 0.6 is 0 Å². The first-order chi connectivity index (χ1) is 12.7. The third-order valence-electron chi connectivity index (χ3n) is 3.87. The number of benzene rings is 2. The number of carbonyl (C=O) groups excluding carboxylic acids is 1. The molecule has 2 N–H and O–H groups in total. The molecule has 0 aliphatic rings. The summed E-state index contributed by atoms with van der Waals surface area (Å²) in [6, 6.07) is 16.5. The highest BCUT2D eigenvalue weighted by molar-refractivity contribution is 6.04. The Morgan fingerprint density at radius 3 is 2.65 bits per heavy atom. The van der Waals surface area contributed by atoms with E-state index in [2.05, 4.69) is 27.7 Å². The molecule has 6 heteroatoms. The Labute approximate surface area is 152 Å². The molecule has 1 heterocycles. The van der Waals surface area contributed by atoms with Gasteiger partial charge >= 0.3 is 0 Å². The average molecular weight is 350 g/mol. The molecule has 1 atom stereocenters. The summed E-state index contributed by atoms with van der Waals surface area (Å²) < 4.78 is 5.31. The van der Waals surface area contributed by atoms with Crippen molar-refractivity contribution < 1.29 is 9.32 Å². The summed E-state index contributed by atoms with van der Waals surface area (Å²) in [5.41, 5.74) is 2.19. The van der Waals surface area contributed by atoms with Crippen LogP contribution in [-0.2, 0) is 6.42 Å². The lowest BCUT2D eigenvalue weighted by atomic mass is 10.2. The van der Waals surface area contributed by atoms with Crippen LogP contribution in [0, 0.1) is 0 Å². The molecule has 0 fully saturated rings. The van der Waals surface area contributed by atoms with Crippen molar-refractivity contribution in [1.82, 2.24) is 10.1 Å². The topological polar surface area (TPSA) is 80.0 Å². The van der Waals surface area contributed by atoms with E-state index in [0.717, 1.165) is 24.4 Å². The maximum absolute atomic E-state index is 12.3. The number of anilines is 2. The van der Waals surface area contributed by atoms with Gasteiger partial charge in [-0.15, -0.1) is 0 Å². The van der Waals surface area contributed by atoms with Crippen molar-refractivity contribution in [3.8, 4) is 0 Å². The van der Waals surface area contributed by atoms with Crippen LogP contribution in [0.1, 0.15) is 48.4 Å². The van der Waals surface area contributed by atoms with Crippen molar-refractivity contribution in [2.45, 2.75) is 32.7 Å². The number of aryl methyl sites for hydroxylation is 1. The van der Waals surface area contributed by atoms with E-state index in [4.69, 9.17) is 4.52 Å². The van der Waals surface area contributed by atoms with Crippen molar-refractivity contribution in [2.75, 3.05) is 10.6 Å². The second-order valence-corrected chi connectivity index (χ2v) is 6.07. The van der Waals surface area contributed by atoms with Crippen molar-refractivity contribution in [2.24, 2.45) is 0 Å². The molecule has 0 aliphatic heterocycles. The third kappa shape index (κ3) is 4.47. The summed E-state index contributed by atoms with van der Waals surface area (Å²) in [6.07, 6.45) is 1.78. The molecule has 0 unspecified atom stereocenters. The van der Waals surface area contributed by atoms with Crippen molar-refractivity contribution in [3.05, 3.63) is 71.9 Å². The van der Waals surface area contributed by atoms with Gasteiger partial charge in [-0.25, -0.2) is 0 Å². The zero-order valence-corrected chi connectivity index (χ0v) is 14.9. The van der Waals surface area contributed by atoms with Gasteiger partial charge in [0.25, 0.3) is 5.91 Å². The van der Waals surface area contributed by atoms with Crippen molar-refractivity contribution in [3.63, 3.8) is 0 Å². The van der Waals surface area contributed by atoms with Gasteiger partial charge in [-0.1, -0.05) is 36.3 Å². The fraction of sp³-hybridized carbons (Fsp3) is 0.250. The van der Waals surface area contributed by atoms with E-state index in [-0.39, 0.29) is 11.9 Å². The average Bonchev–Trinajstić information content (AvgIpc) is 3.12. The van der Waals surface area contributed by atoms with E-state index in [9.17, 15) is 4.79 Å². The monoisotopic (exact) mass is 350 g/mol. The molecule has 2 aromatic carbocycles. The van der Waals surface area contributed by atoms with Crippen LogP contribution in [0.3, 0.4) is 0 Å². The minimum Gasteiger partial charge on any atom is -0.374 e. The highest BCUT2D eigenvalue weighted by atomic mass is 16.5. The second-order valence-electron chi connectivity index (χ2n) is 6.07. The van der Waals surface area contributed by atoms with E-state index in [1.807, 2.05) is 49.4 Å². The Hall–Kier alpha value is -3.15. The minimum absolute atomic E-state index is 0.131. The number of rotatable bonds is 7. The van der Waals surface area contributed by atoms with Crippen molar-refractivity contribution >= 4 is 17.3 Å². The lowest BCUT2D eigenvalue weighted by Crippen LogP contribution is -2.12. The molecule has 0 saturated carbocycles. The van der Waals surface area contributed by atoms with E-state index in [1.165, 1.54) is 0 Å². The van der Waals surface area contributed by atoms with Gasteiger partial charge < -0.3 is 15.2 Å². The zero-order chi connectivity index (χ0) is 18.4. The molecular weight excluding hydrogens is 328 g/mol. The van der Waals surface area contributed by atoms with Crippen LogP contribution in [0.5, 0.6) is 0 Å². The summed E-state index contributed by atoms with van der Waals surface area (Å²) in [5, 5.41) is 10.2. The van der Waals surface area contributed by atoms with Gasteiger partial charge in [0.1, 0.15) is 6.04 Å². The highest BCUT2D eigenvalue weighted by Crippen LogP contribution is 2.21. The van der Waals surface area contributed by atoms with Crippen LogP contribution in [0.15, 0.2) is 59.1 Å². The first-order valence-electron chi connectivity index (χ1n) is 8.71. The van der Waals surface area contributed by atoms with Crippen LogP contribution in [0.25, 0.3) is 0 Å². The number of nitrogens with zero attached hydrogens (tertiary/aromatic N) is 2. The number of hydrogen-bond acceptors (Lipinski definition) is 5. The van der Waals surface area contributed by atoms with Crippen LogP contribution in [0.2, 0.25) is 0 Å². The summed E-state index contributed by atoms with van der Waals surface area (Å²) in [6.45, 7) is 4.03. The van der Waals surface area contributed by atoms with Gasteiger partial charge in [-0.05, 0) is 43.7 Å². The molecule has 0 spiro atoms. The number of nitrogens with one attached hydrogen (secondary N) is 2. The fourth-order valence-electron chi connectivity index (χ4n) is 2.56. The van der Waals surface area contributed by atoms with Gasteiger partial charge in [0.15, 0.2) is 5.82 Å². The lowest BCUT2D eigenvalue weighted by molar-refractivity contribution is 0.102. The van der Waals surface area contributed by atoms with Crippen LogP contribution < -0.4 is 10.6 Å². The lowest BCUT2D eigenvalue weighted by Gasteiger charge is -2.13. The molecule has 0 aliphatic carbocycles. The Kier molecular flexibility index (Phi) is 5.63. The van der Waals surface area contributed by atoms with Gasteiger partial charge in [-0.2, -0.15) is 4.98 Å². The molecule has 3 aromatic rings. The minimum atomic E-state index is -0.142. The Morgan fingerprint density at radius 2 is 1.88 bits per heavy atom. The van der Waals surface area contributed by atoms with Gasteiger partial charge in [0.05, 0.1) is 0 Å². The molecule has 0 radical (unpaired) electrons. The quantitative estimate of drug-likeness (QED) is 0.658. The van der Waals surface area contributed by atoms with Crippen LogP contribution in [-0.4, -0.2) is 16.0 Å². The first kappa shape index (κ1) is 17.7. The standard InChI is InChI=1S/C20H22N4O2/c1-3-8-18-23-20(26-24-18)14(2)21-16-11-7-12-17(13-16)22-19(25)15-9-5-4-6-10-15/h4-7,9-14,21H,3,8H2,1-2H3,(H,22,25)/t14-/m1/s1. The molecule has 134 valence electrons. The molecule has 0 bridgehead atoms. The summed E-state index contributed by atoms with van der Waals surface area (Å²) in [5.74, 6) is 1.13. The molecule has 0 saturated heterocycles. The molecule has 1 aromatic heterocycles. The summed E-state index contributed by atoms with van der Waals surface area (Å²) >= 11 is 0. The Bertz CT molecular complexity index is 861. The molecule has 6 nitrogen and oxygen atoms in total. The zero-order valence-electron chi connectivity index (χ0n) is 14.9. The Morgan fingerprint density at radius 1 is 1.12 bits per heavy atom. The smallest absolute Gasteiger partial charge is 0.255 e.